The maximum Gasteiger partial charge on any atom is 0.253 e. The third-order valence-corrected chi connectivity index (χ3v) is 7.09. The summed E-state index contributed by atoms with van der Waals surface area (Å²) in [6.45, 7) is 2.40. The lowest BCUT2D eigenvalue weighted by atomic mass is 9.98. The fourth-order valence-electron chi connectivity index (χ4n) is 4.67. The lowest BCUT2D eigenvalue weighted by Crippen LogP contribution is -2.33. The Bertz CT molecular complexity index is 999. The zero-order valence-corrected chi connectivity index (χ0v) is 16.5. The van der Waals surface area contributed by atoms with E-state index in [-0.39, 0.29) is 11.9 Å². The first-order valence-corrected chi connectivity index (χ1v) is 10.8. The van der Waals surface area contributed by atoms with Crippen LogP contribution in [0, 0.1) is 11.8 Å². The topological polar surface area (TPSA) is 71.2 Å². The Kier molecular flexibility index (Phi) is 4.53. The molecule has 0 spiro atoms. The molecule has 2 aromatic heterocycles. The molecule has 3 N–H and O–H groups in total. The van der Waals surface area contributed by atoms with E-state index in [0.29, 0.717) is 11.8 Å². The predicted octanol–water partition coefficient (Wildman–Crippen LogP) is 3.72. The molecule has 3 unspecified atom stereocenters. The van der Waals surface area contributed by atoms with Crippen LogP contribution in [0.2, 0.25) is 0 Å². The molecule has 1 saturated heterocycles. The number of likely N-dealkylation sites (tertiary alicyclic amines) is 1. The number of thiophene rings is 1. The molecule has 1 aromatic carbocycles. The Labute approximate surface area is 168 Å². The van der Waals surface area contributed by atoms with Gasteiger partial charge in [0.05, 0.1) is 0 Å². The lowest BCUT2D eigenvalue weighted by Gasteiger charge is -2.19. The van der Waals surface area contributed by atoms with E-state index in [1.165, 1.54) is 10.9 Å². The van der Waals surface area contributed by atoms with Crippen molar-refractivity contribution < 1.29 is 4.79 Å². The normalized spacial score (nSPS) is 23.9. The molecule has 144 valence electrons. The van der Waals surface area contributed by atoms with Crippen molar-refractivity contribution in [3.8, 4) is 0 Å². The van der Waals surface area contributed by atoms with E-state index < -0.39 is 0 Å². The number of pyridine rings is 1. The summed E-state index contributed by atoms with van der Waals surface area (Å²) in [5.74, 6) is 1.20. The van der Waals surface area contributed by atoms with Gasteiger partial charge >= 0.3 is 0 Å². The molecule has 1 aliphatic heterocycles. The van der Waals surface area contributed by atoms with Crippen molar-refractivity contribution >= 4 is 33.1 Å². The van der Waals surface area contributed by atoms with Crippen LogP contribution in [0.1, 0.15) is 28.8 Å². The maximum atomic E-state index is 12.9. The average Bonchev–Trinajstić information content (AvgIpc) is 3.44. The number of hydrogen-bond donors (Lipinski definition) is 2. The maximum absolute atomic E-state index is 12.9. The average molecular weight is 393 g/mol. The van der Waals surface area contributed by atoms with Gasteiger partial charge in [0.15, 0.2) is 0 Å². The summed E-state index contributed by atoms with van der Waals surface area (Å²) in [4.78, 5) is 20.3. The van der Waals surface area contributed by atoms with Crippen molar-refractivity contribution in [3.63, 3.8) is 0 Å². The minimum absolute atomic E-state index is 0.127. The first-order chi connectivity index (χ1) is 13.7. The van der Waals surface area contributed by atoms with Crippen LogP contribution >= 0.6 is 11.3 Å². The lowest BCUT2D eigenvalue weighted by molar-refractivity contribution is 0.0779. The predicted molar refractivity (Wildman–Crippen MR) is 113 cm³/mol. The standard InChI is InChI=1S/C22H24N4OS/c23-20-6-3-16-12-26(13-19(16)20)22(27)14-1-4-17(5-2-14)25-11-15-7-9-24-21-18(15)8-10-28-21/h1-2,4-5,7-10,16,19-20,25H,3,6,11-13,23H2. The highest BCUT2D eigenvalue weighted by molar-refractivity contribution is 7.16. The monoisotopic (exact) mass is 392 g/mol. The minimum Gasteiger partial charge on any atom is -0.381 e. The summed E-state index contributed by atoms with van der Waals surface area (Å²) >= 11 is 1.66. The third kappa shape index (κ3) is 3.16. The number of nitrogens with one attached hydrogen (secondary N) is 1. The number of anilines is 1. The fraction of sp³-hybridized carbons (Fsp3) is 0.364. The van der Waals surface area contributed by atoms with Crippen LogP contribution in [0.3, 0.4) is 0 Å². The van der Waals surface area contributed by atoms with Crippen LogP contribution in [-0.4, -0.2) is 34.9 Å². The quantitative estimate of drug-likeness (QED) is 0.710. The van der Waals surface area contributed by atoms with E-state index in [2.05, 4.69) is 27.8 Å². The number of hydrogen-bond acceptors (Lipinski definition) is 5. The molecule has 0 radical (unpaired) electrons. The van der Waals surface area contributed by atoms with Gasteiger partial charge in [-0.05, 0) is 72.0 Å². The molecule has 5 nitrogen and oxygen atoms in total. The van der Waals surface area contributed by atoms with E-state index in [0.717, 1.165) is 48.6 Å². The van der Waals surface area contributed by atoms with Gasteiger partial charge in [0, 0.05) is 48.5 Å². The van der Waals surface area contributed by atoms with Crippen molar-refractivity contribution in [3.05, 3.63) is 59.1 Å². The molecular weight excluding hydrogens is 368 g/mol. The Hall–Kier alpha value is -2.44. The van der Waals surface area contributed by atoms with E-state index in [9.17, 15) is 4.79 Å². The number of carbonyl (C=O) groups excluding carboxylic acids is 1. The highest BCUT2D eigenvalue weighted by Gasteiger charge is 2.42. The van der Waals surface area contributed by atoms with E-state index in [1.54, 1.807) is 11.3 Å². The molecule has 2 aliphatic rings. The molecule has 3 atom stereocenters. The zero-order chi connectivity index (χ0) is 19.1. The number of benzene rings is 1. The molecule has 1 aliphatic carbocycles. The van der Waals surface area contributed by atoms with Gasteiger partial charge in [-0.1, -0.05) is 0 Å². The number of aromatic nitrogens is 1. The summed E-state index contributed by atoms with van der Waals surface area (Å²) in [5, 5.41) is 6.72. The summed E-state index contributed by atoms with van der Waals surface area (Å²) < 4.78 is 0. The SMILES string of the molecule is NC1CCC2CN(C(=O)c3ccc(NCc4ccnc5sccc45)cc3)CC12. The number of amides is 1. The van der Waals surface area contributed by atoms with Crippen molar-refractivity contribution in [1.82, 2.24) is 9.88 Å². The number of rotatable bonds is 4. The molecular formula is C22H24N4OS. The van der Waals surface area contributed by atoms with Crippen molar-refractivity contribution in [1.29, 1.82) is 0 Å². The molecule has 5 rings (SSSR count). The van der Waals surface area contributed by atoms with Crippen LogP contribution in [-0.2, 0) is 6.54 Å². The second-order valence-electron chi connectivity index (χ2n) is 7.92. The Morgan fingerprint density at radius 1 is 1.18 bits per heavy atom. The largest absolute Gasteiger partial charge is 0.381 e. The molecule has 3 aromatic rings. The summed E-state index contributed by atoms with van der Waals surface area (Å²) in [6, 6.07) is 12.2. The highest BCUT2D eigenvalue weighted by atomic mass is 32.1. The van der Waals surface area contributed by atoms with E-state index >= 15 is 0 Å². The molecule has 6 heteroatoms. The van der Waals surface area contributed by atoms with Crippen LogP contribution in [0.4, 0.5) is 5.69 Å². The Morgan fingerprint density at radius 2 is 2.04 bits per heavy atom. The molecule has 2 fully saturated rings. The van der Waals surface area contributed by atoms with Gasteiger partial charge in [-0.3, -0.25) is 4.79 Å². The molecule has 1 amide bonds. The molecule has 0 bridgehead atoms. The van der Waals surface area contributed by atoms with Gasteiger partial charge in [0.1, 0.15) is 4.83 Å². The van der Waals surface area contributed by atoms with Crippen molar-refractivity contribution in [2.75, 3.05) is 18.4 Å². The van der Waals surface area contributed by atoms with Gasteiger partial charge < -0.3 is 16.0 Å². The van der Waals surface area contributed by atoms with Gasteiger partial charge in [-0.25, -0.2) is 4.98 Å². The second kappa shape index (κ2) is 7.18. The molecule has 28 heavy (non-hydrogen) atoms. The van der Waals surface area contributed by atoms with Crippen molar-refractivity contribution in [2.45, 2.75) is 25.4 Å². The van der Waals surface area contributed by atoms with E-state index in [1.807, 2.05) is 35.4 Å². The van der Waals surface area contributed by atoms with Crippen LogP contribution in [0.15, 0.2) is 48.0 Å². The van der Waals surface area contributed by atoms with Gasteiger partial charge in [0.2, 0.25) is 0 Å². The molecule has 1 saturated carbocycles. The third-order valence-electron chi connectivity index (χ3n) is 6.27. The zero-order valence-electron chi connectivity index (χ0n) is 15.7. The molecule has 3 heterocycles. The number of fused-ring (bicyclic) bond motifs is 2. The summed E-state index contributed by atoms with van der Waals surface area (Å²) in [5.41, 5.74) is 9.19. The Morgan fingerprint density at radius 3 is 2.86 bits per heavy atom. The smallest absolute Gasteiger partial charge is 0.253 e. The van der Waals surface area contributed by atoms with Crippen LogP contribution < -0.4 is 11.1 Å². The summed E-state index contributed by atoms with van der Waals surface area (Å²) in [6.07, 6.45) is 4.12. The fourth-order valence-corrected chi connectivity index (χ4v) is 5.45. The minimum atomic E-state index is 0.127. The highest BCUT2D eigenvalue weighted by Crippen LogP contribution is 2.37. The van der Waals surface area contributed by atoms with Gasteiger partial charge in [-0.15, -0.1) is 11.3 Å². The Balaban J connectivity index is 1.23. The number of nitrogens with zero attached hydrogens (tertiary/aromatic N) is 2. The van der Waals surface area contributed by atoms with Crippen molar-refractivity contribution in [2.24, 2.45) is 17.6 Å². The first kappa shape index (κ1) is 17.6. The summed E-state index contributed by atoms with van der Waals surface area (Å²) in [7, 11) is 0. The van der Waals surface area contributed by atoms with Gasteiger partial charge in [-0.2, -0.15) is 0 Å². The number of carbonyl (C=O) groups is 1. The van der Waals surface area contributed by atoms with E-state index in [4.69, 9.17) is 5.73 Å². The second-order valence-corrected chi connectivity index (χ2v) is 8.81. The first-order valence-electron chi connectivity index (χ1n) is 9.89. The van der Waals surface area contributed by atoms with Gasteiger partial charge in [0.25, 0.3) is 5.91 Å². The van der Waals surface area contributed by atoms with Crippen LogP contribution in [0.25, 0.3) is 10.2 Å². The van der Waals surface area contributed by atoms with Crippen LogP contribution in [0.5, 0.6) is 0 Å². The number of nitrogens with two attached hydrogens (primary N) is 1.